The minimum Gasteiger partial charge on any atom is -0.488 e. The summed E-state index contributed by atoms with van der Waals surface area (Å²) >= 11 is 1.10. The van der Waals surface area contributed by atoms with Gasteiger partial charge in [0, 0.05) is 25.1 Å². The lowest BCUT2D eigenvalue weighted by molar-refractivity contribution is 0.0991. The number of aromatic nitrogens is 4. The Labute approximate surface area is 198 Å². The van der Waals surface area contributed by atoms with Gasteiger partial charge in [-0.2, -0.15) is 5.10 Å². The Morgan fingerprint density at radius 2 is 2.09 bits per heavy atom. The number of hydrogen-bond acceptors (Lipinski definition) is 11. The number of anilines is 2. The topological polar surface area (TPSA) is 155 Å². The van der Waals surface area contributed by atoms with Gasteiger partial charge in [-0.25, -0.2) is 14.5 Å². The molecule has 0 radical (unpaired) electrons. The molecule has 3 rings (SSSR count). The Balaban J connectivity index is 1.77. The van der Waals surface area contributed by atoms with E-state index in [1.807, 2.05) is 13.0 Å². The number of carbonyl (C=O) groups is 1. The van der Waals surface area contributed by atoms with Gasteiger partial charge in [-0.3, -0.25) is 10.1 Å². The number of ether oxygens (including phenoxy) is 3. The molecule has 0 saturated carbocycles. The number of aryl methyl sites for hydroxylation is 1. The van der Waals surface area contributed by atoms with Gasteiger partial charge in [0.25, 0.3) is 5.91 Å². The Hall–Kier alpha value is -4.04. The molecule has 180 valence electrons. The Morgan fingerprint density at radius 3 is 2.76 bits per heavy atom. The normalized spacial score (nSPS) is 11.2. The number of nitrogens with zero attached hydrogens (tertiary/aromatic N) is 5. The summed E-state index contributed by atoms with van der Waals surface area (Å²) in [5, 5.41) is 18.2. The van der Waals surface area contributed by atoms with Crippen molar-refractivity contribution in [3.63, 3.8) is 0 Å². The Kier molecular flexibility index (Phi) is 8.10. The number of nitrogens with one attached hydrogen (secondary N) is 2. The first kappa shape index (κ1) is 24.6. The molecule has 34 heavy (non-hydrogen) atoms. The number of amidine groups is 1. The van der Waals surface area contributed by atoms with E-state index in [-0.39, 0.29) is 34.8 Å². The van der Waals surface area contributed by atoms with Crippen LogP contribution in [0.5, 0.6) is 5.75 Å². The number of hydrogen-bond donors (Lipinski definition) is 2. The quantitative estimate of drug-likeness (QED) is 0.187. The van der Waals surface area contributed by atoms with E-state index in [2.05, 4.69) is 37.5 Å². The molecule has 13 nitrogen and oxygen atoms in total. The second-order valence-electron chi connectivity index (χ2n) is 6.63. The maximum atomic E-state index is 12.7. The number of rotatable bonds is 10. The first-order valence-electron chi connectivity index (χ1n) is 9.83. The van der Waals surface area contributed by atoms with Gasteiger partial charge in [0.1, 0.15) is 12.4 Å². The van der Waals surface area contributed by atoms with Crippen LogP contribution in [0.15, 0.2) is 45.0 Å². The van der Waals surface area contributed by atoms with Crippen molar-refractivity contribution in [3.05, 3.63) is 52.7 Å². The third kappa shape index (κ3) is 6.05. The van der Waals surface area contributed by atoms with E-state index in [9.17, 15) is 9.59 Å². The molecule has 2 N–H and O–H groups in total. The van der Waals surface area contributed by atoms with Gasteiger partial charge in [-0.1, -0.05) is 11.3 Å². The van der Waals surface area contributed by atoms with Crippen LogP contribution in [0.1, 0.15) is 23.2 Å². The van der Waals surface area contributed by atoms with Crippen LogP contribution in [0.25, 0.3) is 5.13 Å². The lowest BCUT2D eigenvalue weighted by Crippen LogP contribution is -2.18. The molecule has 0 saturated heterocycles. The van der Waals surface area contributed by atoms with Gasteiger partial charge in [-0.15, -0.1) is 10.2 Å². The summed E-state index contributed by atoms with van der Waals surface area (Å²) in [7, 11) is 2.85. The fourth-order valence-electron chi connectivity index (χ4n) is 2.65. The predicted octanol–water partition coefficient (Wildman–Crippen LogP) is 2.21. The SMILES string of the molecule is C=C(/N=C(\C)Nc1cc(C(=O)Nc2nnc(-n3nccc3C)s2)oc(=O)c1OC)OCCOC. The molecule has 0 aliphatic heterocycles. The van der Waals surface area contributed by atoms with Crippen molar-refractivity contribution in [2.24, 2.45) is 4.99 Å². The van der Waals surface area contributed by atoms with Crippen molar-refractivity contribution < 1.29 is 23.4 Å². The summed E-state index contributed by atoms with van der Waals surface area (Å²) in [5.41, 5.74) is 0.167. The van der Waals surface area contributed by atoms with Gasteiger partial charge in [0.2, 0.25) is 21.9 Å². The summed E-state index contributed by atoms with van der Waals surface area (Å²) in [4.78, 5) is 29.2. The summed E-state index contributed by atoms with van der Waals surface area (Å²) in [6.45, 7) is 7.83. The van der Waals surface area contributed by atoms with E-state index in [1.165, 1.54) is 13.2 Å². The summed E-state index contributed by atoms with van der Waals surface area (Å²) < 4.78 is 22.0. The number of amides is 1. The fourth-order valence-corrected chi connectivity index (χ4v) is 3.40. The zero-order valence-corrected chi connectivity index (χ0v) is 19.8. The molecule has 0 bridgehead atoms. The highest BCUT2D eigenvalue weighted by Gasteiger charge is 2.19. The lowest BCUT2D eigenvalue weighted by atomic mass is 10.3. The Bertz CT molecular complexity index is 1260. The largest absolute Gasteiger partial charge is 0.488 e. The average Bonchev–Trinajstić information content (AvgIpc) is 3.42. The molecule has 0 fully saturated rings. The molecule has 0 atom stereocenters. The molecular formula is C20H23N7O6S. The van der Waals surface area contributed by atoms with E-state index in [4.69, 9.17) is 18.6 Å². The Morgan fingerprint density at radius 1 is 1.29 bits per heavy atom. The first-order valence-corrected chi connectivity index (χ1v) is 10.6. The molecule has 0 unspecified atom stereocenters. The van der Waals surface area contributed by atoms with E-state index in [0.29, 0.717) is 17.6 Å². The average molecular weight is 490 g/mol. The van der Waals surface area contributed by atoms with Crippen molar-refractivity contribution >= 4 is 33.9 Å². The molecule has 1 amide bonds. The van der Waals surface area contributed by atoms with E-state index in [1.54, 1.807) is 24.9 Å². The number of methoxy groups -OCH3 is 2. The molecule has 14 heteroatoms. The van der Waals surface area contributed by atoms with E-state index in [0.717, 1.165) is 17.0 Å². The summed E-state index contributed by atoms with van der Waals surface area (Å²) in [5.74, 6) is -0.639. The first-order chi connectivity index (χ1) is 16.3. The third-order valence-electron chi connectivity index (χ3n) is 4.15. The zero-order valence-electron chi connectivity index (χ0n) is 18.9. The van der Waals surface area contributed by atoms with E-state index < -0.39 is 11.5 Å². The van der Waals surface area contributed by atoms with Gasteiger partial charge in [0.15, 0.2) is 5.76 Å². The molecule has 0 aliphatic carbocycles. The van der Waals surface area contributed by atoms with Gasteiger partial charge >= 0.3 is 5.63 Å². The smallest absolute Gasteiger partial charge is 0.381 e. The van der Waals surface area contributed by atoms with Crippen LogP contribution in [-0.2, 0) is 9.47 Å². The highest BCUT2D eigenvalue weighted by molar-refractivity contribution is 7.17. The van der Waals surface area contributed by atoms with Crippen molar-refractivity contribution in [1.82, 2.24) is 20.0 Å². The minimum atomic E-state index is -0.856. The summed E-state index contributed by atoms with van der Waals surface area (Å²) in [6, 6.07) is 3.12. The summed E-state index contributed by atoms with van der Waals surface area (Å²) in [6.07, 6.45) is 1.63. The van der Waals surface area contributed by atoms with Crippen LogP contribution in [0, 0.1) is 6.92 Å². The second-order valence-corrected chi connectivity index (χ2v) is 7.59. The van der Waals surface area contributed by atoms with Crippen LogP contribution in [0.4, 0.5) is 10.8 Å². The molecular weight excluding hydrogens is 466 g/mol. The predicted molar refractivity (Wildman–Crippen MR) is 125 cm³/mol. The maximum Gasteiger partial charge on any atom is 0.381 e. The van der Waals surface area contributed by atoms with Crippen LogP contribution in [-0.4, -0.2) is 59.2 Å². The highest BCUT2D eigenvalue weighted by atomic mass is 32.1. The monoisotopic (exact) mass is 489 g/mol. The molecule has 3 aromatic rings. The van der Waals surface area contributed by atoms with Crippen LogP contribution in [0.3, 0.4) is 0 Å². The molecule has 3 aromatic heterocycles. The van der Waals surface area contributed by atoms with Gasteiger partial charge in [-0.05, 0) is 26.5 Å². The number of carbonyl (C=O) groups excluding carboxylic acids is 1. The standard InChI is InChI=1S/C20H23N7O6S/c1-11-6-7-21-27(11)20-26-25-19(34-20)24-17(28)15-10-14(16(31-5)18(29)33-15)23-12(2)22-13(3)32-9-8-30-4/h6-7,10H,3,8-9H2,1-2,4-5H3,(H,22,23)(H,24,25,28). The highest BCUT2D eigenvalue weighted by Crippen LogP contribution is 2.24. The third-order valence-corrected chi connectivity index (χ3v) is 4.96. The molecule has 0 spiro atoms. The van der Waals surface area contributed by atoms with Gasteiger partial charge < -0.3 is 23.9 Å². The van der Waals surface area contributed by atoms with E-state index >= 15 is 0 Å². The molecule has 0 aromatic carbocycles. The minimum absolute atomic E-state index is 0.135. The van der Waals surface area contributed by atoms with Crippen molar-refractivity contribution in [1.29, 1.82) is 0 Å². The number of aliphatic imine (C=N–C) groups is 1. The van der Waals surface area contributed by atoms with Crippen molar-refractivity contribution in [3.8, 4) is 10.9 Å². The van der Waals surface area contributed by atoms with Crippen molar-refractivity contribution in [2.75, 3.05) is 38.1 Å². The second kappa shape index (κ2) is 11.2. The zero-order chi connectivity index (χ0) is 24.7. The van der Waals surface area contributed by atoms with Gasteiger partial charge in [0.05, 0.1) is 19.4 Å². The van der Waals surface area contributed by atoms with Crippen LogP contribution >= 0.6 is 11.3 Å². The molecule has 0 aliphatic rings. The lowest BCUT2D eigenvalue weighted by Gasteiger charge is -2.11. The van der Waals surface area contributed by atoms with Crippen molar-refractivity contribution in [2.45, 2.75) is 13.8 Å². The molecule has 3 heterocycles. The maximum absolute atomic E-state index is 12.7. The van der Waals surface area contributed by atoms with Crippen LogP contribution in [0.2, 0.25) is 0 Å². The fraction of sp³-hybridized carbons (Fsp3) is 0.300. The van der Waals surface area contributed by atoms with Crippen LogP contribution < -0.4 is 21.0 Å².